The van der Waals surface area contributed by atoms with Crippen LogP contribution in [-0.4, -0.2) is 140 Å². The number of ether oxygens (including phenoxy) is 4. The lowest BCUT2D eigenvalue weighted by atomic mass is 9.97. The predicted molar refractivity (Wildman–Crippen MR) is 383 cm³/mol. The van der Waals surface area contributed by atoms with Crippen molar-refractivity contribution in [2.24, 2.45) is 0 Å². The number of hydrogen-bond acceptors (Lipinski definition) is 13. The van der Waals surface area contributed by atoms with Crippen LogP contribution in [0, 0.1) is 0 Å². The molecule has 0 spiro atoms. The Morgan fingerprint density at radius 1 is 0.376 bits per heavy atom. The molecular weight excluding hydrogens is 1170 g/mol. The van der Waals surface area contributed by atoms with Gasteiger partial charge < -0.3 is 65.1 Å². The molecule has 0 bridgehead atoms. The van der Waals surface area contributed by atoms with Crippen LogP contribution in [0.5, 0.6) is 0 Å². The number of carbonyl (C=O) groups excluding carboxylic acids is 1. The molecule has 12 atom stereocenters. The minimum absolute atomic E-state index is 0.228. The van der Waals surface area contributed by atoms with E-state index in [-0.39, 0.29) is 18.9 Å². The van der Waals surface area contributed by atoms with Crippen molar-refractivity contribution in [3.8, 4) is 0 Å². The van der Waals surface area contributed by atoms with Crippen molar-refractivity contribution in [2.75, 3.05) is 19.8 Å². The highest BCUT2D eigenvalue weighted by Gasteiger charge is 2.51. The fraction of sp³-hybridized carbons (Fsp3) is 0.962. The number of aliphatic hydroxyl groups is 8. The summed E-state index contributed by atoms with van der Waals surface area (Å²) in [6.07, 6.45) is 64.4. The molecule has 0 aromatic heterocycles. The molecule has 0 aromatic carbocycles. The number of aliphatic hydroxyl groups excluding tert-OH is 8. The van der Waals surface area contributed by atoms with Gasteiger partial charge in [-0.05, 0) is 19.3 Å². The second-order valence-electron chi connectivity index (χ2n) is 28.9. The first kappa shape index (κ1) is 87.8. The molecule has 0 aliphatic carbocycles. The molecule has 552 valence electrons. The summed E-state index contributed by atoms with van der Waals surface area (Å²) in [5, 5.41) is 87.7. The number of unbranched alkanes of at least 4 members (excludes halogenated alkanes) is 56. The van der Waals surface area contributed by atoms with Gasteiger partial charge in [0.1, 0.15) is 48.8 Å². The maximum atomic E-state index is 13.4. The SMILES string of the molecule is CCCCCCCCCCCCCCCCCCCCCCCCCCCCC/C=C/C(O)C(COC1OC(CO)C(OC2OC(CO)C(O)C(O)C2O)C(O)C1O)NC(=O)CCCCCCCCCCCCCCCCCCCCCCCCCCCCCCCC. The zero-order valence-electron chi connectivity index (χ0n) is 60.5. The van der Waals surface area contributed by atoms with Gasteiger partial charge in [-0.15, -0.1) is 0 Å². The molecular formula is C79H153NO13. The Labute approximate surface area is 571 Å². The van der Waals surface area contributed by atoms with Crippen LogP contribution in [0.15, 0.2) is 12.2 Å². The van der Waals surface area contributed by atoms with Crippen molar-refractivity contribution in [1.82, 2.24) is 5.32 Å². The maximum Gasteiger partial charge on any atom is 0.220 e. The van der Waals surface area contributed by atoms with E-state index < -0.39 is 86.8 Å². The van der Waals surface area contributed by atoms with E-state index in [1.807, 2.05) is 6.08 Å². The monoisotopic (exact) mass is 1320 g/mol. The zero-order chi connectivity index (χ0) is 67.3. The molecule has 12 unspecified atom stereocenters. The lowest BCUT2D eigenvalue weighted by Gasteiger charge is -2.46. The molecule has 1 amide bonds. The summed E-state index contributed by atoms with van der Waals surface area (Å²) < 4.78 is 22.9. The van der Waals surface area contributed by atoms with Crippen molar-refractivity contribution in [3.63, 3.8) is 0 Å². The number of rotatable bonds is 69. The second-order valence-corrected chi connectivity index (χ2v) is 28.9. The normalized spacial score (nSPS) is 22.5. The van der Waals surface area contributed by atoms with Gasteiger partial charge in [-0.25, -0.2) is 0 Å². The number of nitrogens with one attached hydrogen (secondary N) is 1. The van der Waals surface area contributed by atoms with Gasteiger partial charge in [0.15, 0.2) is 12.6 Å². The topological polar surface area (TPSA) is 228 Å². The van der Waals surface area contributed by atoms with Crippen molar-refractivity contribution >= 4 is 5.91 Å². The fourth-order valence-corrected chi connectivity index (χ4v) is 13.8. The molecule has 93 heavy (non-hydrogen) atoms. The number of carbonyl (C=O) groups is 1. The third-order valence-corrected chi connectivity index (χ3v) is 20.2. The molecule has 0 aromatic rings. The van der Waals surface area contributed by atoms with Gasteiger partial charge in [-0.2, -0.15) is 0 Å². The Bertz CT molecular complexity index is 1610. The van der Waals surface area contributed by atoms with Crippen molar-refractivity contribution < 1.29 is 64.6 Å². The quantitative estimate of drug-likeness (QED) is 0.0204. The van der Waals surface area contributed by atoms with Crippen LogP contribution in [0.3, 0.4) is 0 Å². The molecule has 2 aliphatic heterocycles. The van der Waals surface area contributed by atoms with Gasteiger partial charge in [0.2, 0.25) is 5.91 Å². The average molecular weight is 1330 g/mol. The number of hydrogen-bond donors (Lipinski definition) is 9. The summed E-state index contributed by atoms with van der Waals surface area (Å²) in [7, 11) is 0. The minimum Gasteiger partial charge on any atom is -0.394 e. The van der Waals surface area contributed by atoms with E-state index in [2.05, 4.69) is 19.2 Å². The smallest absolute Gasteiger partial charge is 0.220 e. The molecule has 14 heteroatoms. The number of allylic oxidation sites excluding steroid dienone is 1. The van der Waals surface area contributed by atoms with Crippen LogP contribution in [0.2, 0.25) is 0 Å². The van der Waals surface area contributed by atoms with Gasteiger partial charge in [0.05, 0.1) is 32.0 Å². The molecule has 2 saturated heterocycles. The number of amides is 1. The molecule has 2 heterocycles. The second kappa shape index (κ2) is 64.1. The van der Waals surface area contributed by atoms with Gasteiger partial charge >= 0.3 is 0 Å². The van der Waals surface area contributed by atoms with Crippen LogP contribution >= 0.6 is 0 Å². The van der Waals surface area contributed by atoms with Crippen LogP contribution in [0.25, 0.3) is 0 Å². The molecule has 0 saturated carbocycles. The van der Waals surface area contributed by atoms with E-state index in [0.717, 1.165) is 44.9 Å². The summed E-state index contributed by atoms with van der Waals surface area (Å²) >= 11 is 0. The summed E-state index contributed by atoms with van der Waals surface area (Å²) in [5.41, 5.74) is 0. The molecule has 2 aliphatic rings. The average Bonchev–Trinajstić information content (AvgIpc) is 0.845. The largest absolute Gasteiger partial charge is 0.394 e. The van der Waals surface area contributed by atoms with Gasteiger partial charge in [-0.3, -0.25) is 4.79 Å². The summed E-state index contributed by atoms with van der Waals surface area (Å²) in [6.45, 7) is 2.88. The highest BCUT2D eigenvalue weighted by atomic mass is 16.7. The highest BCUT2D eigenvalue weighted by Crippen LogP contribution is 2.30. The Morgan fingerprint density at radius 2 is 0.667 bits per heavy atom. The Hall–Kier alpha value is -1.27. The standard InChI is InChI=1S/C79H153NO13/c1-3-5-7-9-11-13-15-17-19-21-23-25-27-29-31-33-35-37-39-41-43-45-47-49-51-53-55-57-59-61-63-71(84)80-67(66-90-78-76(89)74(87)77(70(65-82)92-78)93-79-75(88)73(86)72(85)69(64-81)91-79)68(83)62-60-58-56-54-52-50-48-46-44-42-40-38-36-34-32-30-28-26-24-22-20-18-16-14-12-10-8-6-4-2/h60,62,67-70,72-79,81-83,85-89H,3-59,61,63-66H2,1-2H3,(H,80,84)/b62-60+. The summed E-state index contributed by atoms with van der Waals surface area (Å²) in [6, 6.07) is -0.912. The Balaban J connectivity index is 1.61. The van der Waals surface area contributed by atoms with Crippen LogP contribution in [0.4, 0.5) is 0 Å². The first-order valence-electron chi connectivity index (χ1n) is 40.4. The van der Waals surface area contributed by atoms with E-state index in [1.165, 1.54) is 327 Å². The summed E-state index contributed by atoms with van der Waals surface area (Å²) in [5.74, 6) is -0.228. The third kappa shape index (κ3) is 47.4. The van der Waals surface area contributed by atoms with Crippen molar-refractivity contribution in [2.45, 2.75) is 466 Å². The van der Waals surface area contributed by atoms with Gasteiger partial charge in [0.25, 0.3) is 0 Å². The van der Waals surface area contributed by atoms with Crippen LogP contribution in [0.1, 0.15) is 393 Å². The van der Waals surface area contributed by atoms with Crippen LogP contribution < -0.4 is 5.32 Å². The summed E-state index contributed by atoms with van der Waals surface area (Å²) in [4.78, 5) is 13.4. The molecule has 0 radical (unpaired) electrons. The lowest BCUT2D eigenvalue weighted by Crippen LogP contribution is -2.65. The third-order valence-electron chi connectivity index (χ3n) is 20.2. The fourth-order valence-electron chi connectivity index (χ4n) is 13.8. The van der Waals surface area contributed by atoms with Gasteiger partial charge in [-0.1, -0.05) is 379 Å². The van der Waals surface area contributed by atoms with E-state index in [9.17, 15) is 45.6 Å². The molecule has 2 fully saturated rings. The first-order chi connectivity index (χ1) is 45.6. The lowest BCUT2D eigenvalue weighted by molar-refractivity contribution is -0.359. The van der Waals surface area contributed by atoms with E-state index >= 15 is 0 Å². The molecule has 14 nitrogen and oxygen atoms in total. The molecule has 2 rings (SSSR count). The van der Waals surface area contributed by atoms with E-state index in [0.29, 0.717) is 0 Å². The highest BCUT2D eigenvalue weighted by molar-refractivity contribution is 5.76. The van der Waals surface area contributed by atoms with Crippen molar-refractivity contribution in [1.29, 1.82) is 0 Å². The Kier molecular flexibility index (Phi) is 60.6. The minimum atomic E-state index is -1.79. The van der Waals surface area contributed by atoms with Gasteiger partial charge in [0, 0.05) is 6.42 Å². The molecule has 9 N–H and O–H groups in total. The van der Waals surface area contributed by atoms with E-state index in [1.54, 1.807) is 6.08 Å². The predicted octanol–water partition coefficient (Wildman–Crippen LogP) is 18.1. The van der Waals surface area contributed by atoms with Crippen molar-refractivity contribution in [3.05, 3.63) is 12.2 Å². The zero-order valence-corrected chi connectivity index (χ0v) is 60.5. The maximum absolute atomic E-state index is 13.4. The van der Waals surface area contributed by atoms with Crippen LogP contribution in [-0.2, 0) is 23.7 Å². The first-order valence-corrected chi connectivity index (χ1v) is 40.4. The van der Waals surface area contributed by atoms with E-state index in [4.69, 9.17) is 18.9 Å². The Morgan fingerprint density at radius 3 is 0.989 bits per heavy atom.